The van der Waals surface area contributed by atoms with Crippen LogP contribution in [0.25, 0.3) is 5.52 Å². The average Bonchev–Trinajstić information content (AvgIpc) is 2.53. The van der Waals surface area contributed by atoms with E-state index in [2.05, 4.69) is 4.98 Å². The zero-order valence-corrected chi connectivity index (χ0v) is 9.07. The van der Waals surface area contributed by atoms with Gasteiger partial charge in [0.1, 0.15) is 5.82 Å². The smallest absolute Gasteiger partial charge is 0.155 e. The van der Waals surface area contributed by atoms with Crippen molar-refractivity contribution in [3.8, 4) is 0 Å². The van der Waals surface area contributed by atoms with E-state index >= 15 is 0 Å². The summed E-state index contributed by atoms with van der Waals surface area (Å²) in [5, 5.41) is 10.1. The van der Waals surface area contributed by atoms with Crippen LogP contribution in [0.5, 0.6) is 0 Å². The van der Waals surface area contributed by atoms with Gasteiger partial charge in [-0.1, -0.05) is 17.7 Å². The molecule has 0 saturated heterocycles. The molecule has 0 spiro atoms. The van der Waals surface area contributed by atoms with E-state index in [1.165, 1.54) is 0 Å². The van der Waals surface area contributed by atoms with E-state index in [1.54, 1.807) is 12.3 Å². The van der Waals surface area contributed by atoms with Gasteiger partial charge in [0, 0.05) is 12.7 Å². The lowest BCUT2D eigenvalue weighted by molar-refractivity contribution is 0.186. The molecule has 0 bridgehead atoms. The van der Waals surface area contributed by atoms with E-state index in [-0.39, 0.29) is 6.54 Å². The summed E-state index contributed by atoms with van der Waals surface area (Å²) in [5.74, 6) is 0.793. The first-order valence-electron chi connectivity index (χ1n) is 4.65. The monoisotopic (exact) mass is 225 g/mol. The van der Waals surface area contributed by atoms with Crippen LogP contribution in [-0.2, 0) is 0 Å². The van der Waals surface area contributed by atoms with Crippen LogP contribution in [0.3, 0.4) is 0 Å². The Morgan fingerprint density at radius 3 is 3.00 bits per heavy atom. The topological polar surface area (TPSA) is 63.5 Å². The second-order valence-electron chi connectivity index (χ2n) is 3.42. The maximum Gasteiger partial charge on any atom is 0.155 e. The highest BCUT2D eigenvalue weighted by molar-refractivity contribution is 6.32. The van der Waals surface area contributed by atoms with Crippen molar-refractivity contribution < 1.29 is 5.11 Å². The molecule has 3 N–H and O–H groups in total. The maximum absolute atomic E-state index is 9.59. The number of pyridine rings is 1. The Bertz CT molecular complexity index is 495. The lowest BCUT2D eigenvalue weighted by atomic mass is 10.1. The van der Waals surface area contributed by atoms with Crippen molar-refractivity contribution in [2.75, 3.05) is 6.54 Å². The van der Waals surface area contributed by atoms with Crippen molar-refractivity contribution in [1.29, 1.82) is 0 Å². The zero-order chi connectivity index (χ0) is 11.0. The number of hydrogen-bond donors (Lipinski definition) is 2. The lowest BCUT2D eigenvalue weighted by Crippen LogP contribution is -2.12. The summed E-state index contributed by atoms with van der Waals surface area (Å²) < 4.78 is 1.84. The summed E-state index contributed by atoms with van der Waals surface area (Å²) in [7, 11) is 0. The average molecular weight is 226 g/mol. The molecule has 1 unspecified atom stereocenters. The first-order valence-corrected chi connectivity index (χ1v) is 5.03. The number of aliphatic hydroxyl groups excluding tert-OH is 1. The van der Waals surface area contributed by atoms with Crippen LogP contribution in [0.4, 0.5) is 0 Å². The first kappa shape index (κ1) is 10.4. The minimum atomic E-state index is -0.644. The van der Waals surface area contributed by atoms with Crippen LogP contribution in [-0.4, -0.2) is 21.0 Å². The number of aromatic nitrogens is 2. The van der Waals surface area contributed by atoms with Gasteiger partial charge in [-0.05, 0) is 18.6 Å². The van der Waals surface area contributed by atoms with E-state index in [1.807, 2.05) is 17.4 Å². The van der Waals surface area contributed by atoms with Crippen LogP contribution in [0.2, 0.25) is 5.15 Å². The maximum atomic E-state index is 9.59. The quantitative estimate of drug-likeness (QED) is 0.810. The highest BCUT2D eigenvalue weighted by Gasteiger charge is 2.09. The fourth-order valence-electron chi connectivity index (χ4n) is 1.54. The van der Waals surface area contributed by atoms with Crippen LogP contribution in [0.1, 0.15) is 17.5 Å². The number of halogens is 1. The Kier molecular flexibility index (Phi) is 2.65. The van der Waals surface area contributed by atoms with Gasteiger partial charge < -0.3 is 15.2 Å². The molecule has 5 heteroatoms. The molecule has 0 saturated carbocycles. The van der Waals surface area contributed by atoms with Crippen LogP contribution < -0.4 is 5.73 Å². The standard InChI is InChI=1S/C10H12ClN3O/c1-6-13-10(11)8-3-2-7(5-14(6)8)9(15)4-12/h2-3,5,9,15H,4,12H2,1H3. The van der Waals surface area contributed by atoms with Gasteiger partial charge in [-0.3, -0.25) is 0 Å². The van der Waals surface area contributed by atoms with Crippen LogP contribution >= 0.6 is 11.6 Å². The molecule has 80 valence electrons. The molecule has 0 radical (unpaired) electrons. The Morgan fingerprint density at radius 2 is 2.33 bits per heavy atom. The number of nitrogens with two attached hydrogens (primary N) is 1. The number of imidazole rings is 1. The predicted octanol–water partition coefficient (Wildman–Crippen LogP) is 1.29. The minimum Gasteiger partial charge on any atom is -0.387 e. The number of fused-ring (bicyclic) bond motifs is 1. The first-order chi connectivity index (χ1) is 7.13. The van der Waals surface area contributed by atoms with Crippen molar-refractivity contribution in [2.45, 2.75) is 13.0 Å². The van der Waals surface area contributed by atoms with Gasteiger partial charge in [0.25, 0.3) is 0 Å². The molecule has 0 fully saturated rings. The van der Waals surface area contributed by atoms with Gasteiger partial charge in [-0.25, -0.2) is 4.98 Å². The highest BCUT2D eigenvalue weighted by atomic mass is 35.5. The fourth-order valence-corrected chi connectivity index (χ4v) is 1.82. The Balaban J connectivity index is 2.60. The van der Waals surface area contributed by atoms with Crippen LogP contribution in [0, 0.1) is 6.92 Å². The molecule has 0 aliphatic rings. The van der Waals surface area contributed by atoms with Crippen molar-refractivity contribution in [3.05, 3.63) is 34.9 Å². The third kappa shape index (κ3) is 1.71. The van der Waals surface area contributed by atoms with E-state index < -0.39 is 6.10 Å². The lowest BCUT2D eigenvalue weighted by Gasteiger charge is -2.08. The van der Waals surface area contributed by atoms with Gasteiger partial charge >= 0.3 is 0 Å². The second kappa shape index (κ2) is 3.81. The molecule has 0 aliphatic carbocycles. The van der Waals surface area contributed by atoms with E-state index in [4.69, 9.17) is 17.3 Å². The molecule has 0 amide bonds. The largest absolute Gasteiger partial charge is 0.387 e. The molecule has 2 aromatic rings. The van der Waals surface area contributed by atoms with E-state index in [0.29, 0.717) is 5.15 Å². The number of nitrogens with zero attached hydrogens (tertiary/aromatic N) is 2. The third-order valence-corrected chi connectivity index (χ3v) is 2.68. The van der Waals surface area contributed by atoms with Crippen molar-refractivity contribution in [2.24, 2.45) is 5.73 Å². The van der Waals surface area contributed by atoms with Crippen molar-refractivity contribution in [3.63, 3.8) is 0 Å². The summed E-state index contributed by atoms with van der Waals surface area (Å²) in [6, 6.07) is 3.64. The van der Waals surface area contributed by atoms with Crippen molar-refractivity contribution in [1.82, 2.24) is 9.38 Å². The SMILES string of the molecule is Cc1nc(Cl)c2ccc(C(O)CN)cn12. The third-order valence-electron chi connectivity index (χ3n) is 2.40. The molecule has 2 rings (SSSR count). The Hall–Kier alpha value is -1.10. The number of hydrogen-bond acceptors (Lipinski definition) is 3. The number of aryl methyl sites for hydroxylation is 1. The highest BCUT2D eigenvalue weighted by Crippen LogP contribution is 2.20. The molecule has 15 heavy (non-hydrogen) atoms. The minimum absolute atomic E-state index is 0.201. The summed E-state index contributed by atoms with van der Waals surface area (Å²) >= 11 is 5.92. The molecule has 2 aromatic heterocycles. The Labute approximate surface area is 92.3 Å². The second-order valence-corrected chi connectivity index (χ2v) is 3.78. The molecule has 2 heterocycles. The number of aliphatic hydroxyl groups is 1. The van der Waals surface area contributed by atoms with E-state index in [9.17, 15) is 5.11 Å². The fraction of sp³-hybridized carbons (Fsp3) is 0.300. The van der Waals surface area contributed by atoms with Gasteiger partial charge in [-0.15, -0.1) is 0 Å². The molecule has 4 nitrogen and oxygen atoms in total. The summed E-state index contributed by atoms with van der Waals surface area (Å²) in [5.41, 5.74) is 6.99. The normalized spacial score (nSPS) is 13.3. The van der Waals surface area contributed by atoms with Crippen LogP contribution in [0.15, 0.2) is 18.3 Å². The summed E-state index contributed by atoms with van der Waals surface area (Å²) in [6.45, 7) is 2.06. The number of rotatable bonds is 2. The summed E-state index contributed by atoms with van der Waals surface area (Å²) in [6.07, 6.45) is 1.16. The molecule has 0 aromatic carbocycles. The predicted molar refractivity (Wildman–Crippen MR) is 59.0 cm³/mol. The van der Waals surface area contributed by atoms with Gasteiger partial charge in [0.05, 0.1) is 11.6 Å². The van der Waals surface area contributed by atoms with Crippen molar-refractivity contribution >= 4 is 17.1 Å². The van der Waals surface area contributed by atoms with Gasteiger partial charge in [-0.2, -0.15) is 0 Å². The van der Waals surface area contributed by atoms with E-state index in [0.717, 1.165) is 16.9 Å². The Morgan fingerprint density at radius 1 is 1.60 bits per heavy atom. The molecular weight excluding hydrogens is 214 g/mol. The summed E-state index contributed by atoms with van der Waals surface area (Å²) in [4.78, 5) is 4.13. The zero-order valence-electron chi connectivity index (χ0n) is 8.31. The molecular formula is C10H12ClN3O. The molecule has 0 aliphatic heterocycles. The molecule has 1 atom stereocenters. The van der Waals surface area contributed by atoms with Gasteiger partial charge in [0.2, 0.25) is 0 Å². The van der Waals surface area contributed by atoms with Gasteiger partial charge in [0.15, 0.2) is 5.15 Å².